The molecule has 10 heteroatoms. The number of fused-ring (bicyclic) bond motifs is 1. The van der Waals surface area contributed by atoms with Gasteiger partial charge in [-0.15, -0.1) is 0 Å². The maximum absolute atomic E-state index is 12.9. The van der Waals surface area contributed by atoms with Gasteiger partial charge in [-0.25, -0.2) is 9.97 Å². The average molecular weight is 462 g/mol. The predicted octanol–water partition coefficient (Wildman–Crippen LogP) is 1.10. The van der Waals surface area contributed by atoms with Gasteiger partial charge in [0.15, 0.2) is 0 Å². The number of pyridine rings is 2. The number of hydrogen-bond acceptors (Lipinski definition) is 7. The fourth-order valence-electron chi connectivity index (χ4n) is 5.56. The van der Waals surface area contributed by atoms with E-state index in [1.165, 1.54) is 0 Å². The normalized spacial score (nSPS) is 26.0. The number of nitrogens with zero attached hydrogens (tertiary/aromatic N) is 4. The Kier molecular flexibility index (Phi) is 4.73. The number of carbonyl (C=O) groups excluding carboxylic acids is 2. The summed E-state index contributed by atoms with van der Waals surface area (Å²) in [6.45, 7) is 1.68. The second-order valence-electron chi connectivity index (χ2n) is 9.87. The van der Waals surface area contributed by atoms with E-state index >= 15 is 0 Å². The van der Waals surface area contributed by atoms with Crippen molar-refractivity contribution < 1.29 is 14.3 Å². The van der Waals surface area contributed by atoms with E-state index < -0.39 is 5.91 Å². The van der Waals surface area contributed by atoms with Crippen LogP contribution in [0.3, 0.4) is 0 Å². The van der Waals surface area contributed by atoms with Gasteiger partial charge in [0.25, 0.3) is 11.8 Å². The lowest BCUT2D eigenvalue weighted by atomic mass is 9.53. The summed E-state index contributed by atoms with van der Waals surface area (Å²) in [4.78, 5) is 35.2. The summed E-state index contributed by atoms with van der Waals surface area (Å²) in [5.41, 5.74) is 14.1. The molecule has 6 rings (SSSR count). The van der Waals surface area contributed by atoms with Crippen LogP contribution in [0.2, 0.25) is 0 Å². The summed E-state index contributed by atoms with van der Waals surface area (Å²) < 4.78 is 7.74. The van der Waals surface area contributed by atoms with Gasteiger partial charge in [-0.1, -0.05) is 0 Å². The van der Waals surface area contributed by atoms with Crippen LogP contribution >= 0.6 is 0 Å². The summed E-state index contributed by atoms with van der Waals surface area (Å²) >= 11 is 0. The van der Waals surface area contributed by atoms with Crippen LogP contribution in [0.25, 0.3) is 5.65 Å². The van der Waals surface area contributed by atoms with Crippen LogP contribution in [0.15, 0.2) is 42.9 Å². The van der Waals surface area contributed by atoms with Crippen molar-refractivity contribution in [3.05, 3.63) is 54.1 Å². The third-order valence-electron chi connectivity index (χ3n) is 7.33. The summed E-state index contributed by atoms with van der Waals surface area (Å²) in [5.74, 6) is -0.360. The molecule has 0 unspecified atom stereocenters. The molecular formula is C24H27N7O3. The van der Waals surface area contributed by atoms with Crippen molar-refractivity contribution in [3.63, 3.8) is 0 Å². The molecular weight excluding hydrogens is 434 g/mol. The molecule has 3 aliphatic rings. The SMILES string of the molecule is NC(=O)c1cccnc1OC1CC2(CC(NC(=O)c3cnc4cc(N5CC(N)C5)ccn34)C2)C1. The molecule has 3 aromatic heterocycles. The van der Waals surface area contributed by atoms with Crippen molar-refractivity contribution in [2.24, 2.45) is 16.9 Å². The Morgan fingerprint density at radius 3 is 2.68 bits per heavy atom. The molecule has 1 saturated heterocycles. The molecule has 34 heavy (non-hydrogen) atoms. The van der Waals surface area contributed by atoms with Gasteiger partial charge in [-0.05, 0) is 49.3 Å². The lowest BCUT2D eigenvalue weighted by Crippen LogP contribution is -2.58. The molecule has 3 fully saturated rings. The van der Waals surface area contributed by atoms with E-state index in [4.69, 9.17) is 16.2 Å². The second kappa shape index (κ2) is 7.69. The number of imidazole rings is 1. The molecule has 3 aromatic rings. The lowest BCUT2D eigenvalue weighted by molar-refractivity contribution is -0.0848. The maximum atomic E-state index is 12.9. The molecule has 1 aliphatic heterocycles. The predicted molar refractivity (Wildman–Crippen MR) is 125 cm³/mol. The molecule has 0 radical (unpaired) electrons. The third kappa shape index (κ3) is 3.54. The van der Waals surface area contributed by atoms with Crippen LogP contribution in [0.5, 0.6) is 5.88 Å². The van der Waals surface area contributed by atoms with E-state index in [0.29, 0.717) is 17.1 Å². The first-order valence-corrected chi connectivity index (χ1v) is 11.6. The van der Waals surface area contributed by atoms with E-state index in [-0.39, 0.29) is 29.5 Å². The first-order valence-electron chi connectivity index (χ1n) is 11.6. The zero-order valence-corrected chi connectivity index (χ0v) is 18.7. The molecule has 5 N–H and O–H groups in total. The van der Waals surface area contributed by atoms with Gasteiger partial charge in [0.1, 0.15) is 23.0 Å². The van der Waals surface area contributed by atoms with Crippen LogP contribution in [-0.4, -0.2) is 57.5 Å². The molecule has 2 aliphatic carbocycles. The Balaban J connectivity index is 1.03. The second-order valence-corrected chi connectivity index (χ2v) is 9.87. The van der Waals surface area contributed by atoms with Crippen molar-refractivity contribution in [3.8, 4) is 5.88 Å². The van der Waals surface area contributed by atoms with Crippen LogP contribution in [0, 0.1) is 5.41 Å². The van der Waals surface area contributed by atoms with Gasteiger partial charge in [0.05, 0.1) is 6.20 Å². The third-order valence-corrected chi connectivity index (χ3v) is 7.33. The summed E-state index contributed by atoms with van der Waals surface area (Å²) in [5, 5.41) is 3.15. The average Bonchev–Trinajstić information content (AvgIpc) is 3.17. The highest BCUT2D eigenvalue weighted by molar-refractivity contribution is 5.95. The quantitative estimate of drug-likeness (QED) is 0.499. The van der Waals surface area contributed by atoms with Crippen molar-refractivity contribution in [2.75, 3.05) is 18.0 Å². The number of amides is 2. The molecule has 176 valence electrons. The minimum absolute atomic E-state index is 0.0126. The van der Waals surface area contributed by atoms with Gasteiger partial charge in [-0.2, -0.15) is 0 Å². The fourth-order valence-corrected chi connectivity index (χ4v) is 5.56. The monoisotopic (exact) mass is 461 g/mol. The minimum atomic E-state index is -0.545. The zero-order chi connectivity index (χ0) is 23.4. The number of nitrogens with two attached hydrogens (primary N) is 2. The number of hydrogen-bond donors (Lipinski definition) is 3. The van der Waals surface area contributed by atoms with Gasteiger partial charge in [0.2, 0.25) is 5.88 Å². The number of primary amides is 1. The minimum Gasteiger partial charge on any atom is -0.474 e. The molecule has 2 saturated carbocycles. The maximum Gasteiger partial charge on any atom is 0.270 e. The van der Waals surface area contributed by atoms with Crippen molar-refractivity contribution in [1.82, 2.24) is 19.7 Å². The van der Waals surface area contributed by atoms with Crippen molar-refractivity contribution in [2.45, 2.75) is 43.9 Å². The highest BCUT2D eigenvalue weighted by Crippen LogP contribution is 2.56. The Bertz CT molecular complexity index is 1270. The molecule has 1 spiro atoms. The Morgan fingerprint density at radius 2 is 1.94 bits per heavy atom. The molecule has 2 amide bonds. The molecule has 0 aromatic carbocycles. The Hall–Kier alpha value is -3.66. The van der Waals surface area contributed by atoms with Crippen molar-refractivity contribution in [1.29, 1.82) is 0 Å². The first kappa shape index (κ1) is 20.9. The molecule has 0 bridgehead atoms. The fraction of sp³-hybridized carbons (Fsp3) is 0.417. The summed E-state index contributed by atoms with van der Waals surface area (Å²) in [7, 11) is 0. The van der Waals surface area contributed by atoms with E-state index in [1.807, 2.05) is 22.7 Å². The number of ether oxygens (including phenoxy) is 1. The van der Waals surface area contributed by atoms with Gasteiger partial charge in [0, 0.05) is 49.3 Å². The standard InChI is InChI=1S/C24H27N7O3/c25-14-12-30(13-14)16-3-5-31-19(11-28-20(31)6-16)22(33)29-15-7-24(8-15)9-17(10-24)34-23-18(21(26)32)2-1-4-27-23/h1-6,11,14-15,17H,7-10,12-13,25H2,(H2,26,32)(H,29,33). The Morgan fingerprint density at radius 1 is 1.15 bits per heavy atom. The molecule has 4 heterocycles. The highest BCUT2D eigenvalue weighted by Gasteiger charge is 2.54. The summed E-state index contributed by atoms with van der Waals surface area (Å²) in [6, 6.07) is 7.63. The Labute approximate surface area is 196 Å². The van der Waals surface area contributed by atoms with E-state index in [0.717, 1.165) is 50.1 Å². The van der Waals surface area contributed by atoms with Gasteiger partial charge in [-0.3, -0.25) is 14.0 Å². The van der Waals surface area contributed by atoms with E-state index in [1.54, 1.807) is 24.5 Å². The summed E-state index contributed by atoms with van der Waals surface area (Å²) in [6.07, 6.45) is 8.72. The van der Waals surface area contributed by atoms with Crippen LogP contribution in [0.1, 0.15) is 46.5 Å². The largest absolute Gasteiger partial charge is 0.474 e. The lowest BCUT2D eigenvalue weighted by Gasteiger charge is -2.57. The first-order chi connectivity index (χ1) is 16.4. The number of carbonyl (C=O) groups is 2. The number of rotatable bonds is 6. The number of aromatic nitrogens is 3. The van der Waals surface area contributed by atoms with E-state index in [2.05, 4.69) is 20.2 Å². The highest BCUT2D eigenvalue weighted by atomic mass is 16.5. The van der Waals surface area contributed by atoms with Crippen LogP contribution in [0.4, 0.5) is 5.69 Å². The molecule has 0 atom stereocenters. The number of anilines is 1. The smallest absolute Gasteiger partial charge is 0.270 e. The number of nitrogens with one attached hydrogen (secondary N) is 1. The van der Waals surface area contributed by atoms with Crippen LogP contribution in [-0.2, 0) is 0 Å². The van der Waals surface area contributed by atoms with Crippen LogP contribution < -0.4 is 26.4 Å². The van der Waals surface area contributed by atoms with Gasteiger partial charge >= 0.3 is 0 Å². The van der Waals surface area contributed by atoms with Crippen molar-refractivity contribution >= 4 is 23.1 Å². The zero-order valence-electron chi connectivity index (χ0n) is 18.7. The molecule has 10 nitrogen and oxygen atoms in total. The topological polar surface area (TPSA) is 141 Å². The van der Waals surface area contributed by atoms with E-state index in [9.17, 15) is 9.59 Å². The van der Waals surface area contributed by atoms with Gasteiger partial charge < -0.3 is 26.4 Å².